The first-order valence-electron chi connectivity index (χ1n) is 7.06. The molecule has 1 fully saturated rings. The molecular weight excluding hydrogens is 278 g/mol. The summed E-state index contributed by atoms with van der Waals surface area (Å²) >= 11 is 6.04. The molecule has 5 heteroatoms. The first-order chi connectivity index (χ1) is 9.69. The summed E-state index contributed by atoms with van der Waals surface area (Å²) in [4.78, 5) is 0. The van der Waals surface area contributed by atoms with Crippen LogP contribution in [0, 0.1) is 0 Å². The van der Waals surface area contributed by atoms with E-state index in [1.165, 1.54) is 0 Å². The van der Waals surface area contributed by atoms with Gasteiger partial charge in [-0.3, -0.25) is 0 Å². The molecule has 0 amide bonds. The lowest BCUT2D eigenvalue weighted by Gasteiger charge is -2.17. The van der Waals surface area contributed by atoms with Gasteiger partial charge in [0.2, 0.25) is 0 Å². The Morgan fingerprint density at radius 2 is 2.40 bits per heavy atom. The summed E-state index contributed by atoms with van der Waals surface area (Å²) in [6.07, 6.45) is 2.36. The molecule has 0 aliphatic carbocycles. The smallest absolute Gasteiger partial charge is 0.124 e. The standard InChI is InChI=1S/C15H22ClNO3/c1-11(9-18)17-8-12-7-13(16)4-5-15(12)20-10-14-3-2-6-19-14/h4-5,7,11,14,17-18H,2-3,6,8-10H2,1H3. The van der Waals surface area contributed by atoms with Crippen molar-refractivity contribution in [2.24, 2.45) is 0 Å². The summed E-state index contributed by atoms with van der Waals surface area (Å²) in [5, 5.41) is 13.0. The molecule has 0 bridgehead atoms. The van der Waals surface area contributed by atoms with Crippen molar-refractivity contribution in [2.75, 3.05) is 19.8 Å². The number of halogens is 1. The van der Waals surface area contributed by atoms with Crippen molar-refractivity contribution in [3.05, 3.63) is 28.8 Å². The Bertz CT molecular complexity index is 422. The number of benzene rings is 1. The summed E-state index contributed by atoms with van der Waals surface area (Å²) in [6.45, 7) is 4.05. The van der Waals surface area contributed by atoms with Gasteiger partial charge in [-0.25, -0.2) is 0 Å². The van der Waals surface area contributed by atoms with Crippen LogP contribution in [0.15, 0.2) is 18.2 Å². The highest BCUT2D eigenvalue weighted by Gasteiger charge is 2.17. The molecule has 1 saturated heterocycles. The highest BCUT2D eigenvalue weighted by atomic mass is 35.5. The zero-order chi connectivity index (χ0) is 14.4. The molecule has 2 atom stereocenters. The summed E-state index contributed by atoms with van der Waals surface area (Å²) in [7, 11) is 0. The fourth-order valence-electron chi connectivity index (χ4n) is 2.13. The third-order valence-corrected chi connectivity index (χ3v) is 3.62. The van der Waals surface area contributed by atoms with Crippen LogP contribution in [0.3, 0.4) is 0 Å². The van der Waals surface area contributed by atoms with E-state index in [1.54, 1.807) is 0 Å². The fourth-order valence-corrected chi connectivity index (χ4v) is 2.33. The summed E-state index contributed by atoms with van der Waals surface area (Å²) < 4.78 is 11.4. The van der Waals surface area contributed by atoms with Gasteiger partial charge in [-0.05, 0) is 38.0 Å². The van der Waals surface area contributed by atoms with Crippen molar-refractivity contribution in [3.63, 3.8) is 0 Å². The molecule has 2 unspecified atom stereocenters. The van der Waals surface area contributed by atoms with Gasteiger partial charge in [0.05, 0.1) is 12.7 Å². The predicted octanol–water partition coefficient (Wildman–Crippen LogP) is 2.37. The van der Waals surface area contributed by atoms with E-state index in [2.05, 4.69) is 5.32 Å². The minimum absolute atomic E-state index is 0.0417. The molecule has 20 heavy (non-hydrogen) atoms. The third kappa shape index (κ3) is 4.63. The zero-order valence-electron chi connectivity index (χ0n) is 11.8. The van der Waals surface area contributed by atoms with E-state index in [0.717, 1.165) is 30.8 Å². The van der Waals surface area contributed by atoms with Crippen molar-refractivity contribution in [3.8, 4) is 5.75 Å². The molecule has 1 aromatic rings. The van der Waals surface area contributed by atoms with E-state index in [0.29, 0.717) is 18.2 Å². The molecule has 0 saturated carbocycles. The Labute approximate surface area is 125 Å². The Hall–Kier alpha value is -0.810. The normalized spacial score (nSPS) is 20.1. The van der Waals surface area contributed by atoms with Gasteiger partial charge in [-0.15, -0.1) is 0 Å². The van der Waals surface area contributed by atoms with E-state index in [9.17, 15) is 0 Å². The number of ether oxygens (including phenoxy) is 2. The average molecular weight is 300 g/mol. The van der Waals surface area contributed by atoms with Crippen LogP contribution in [0.2, 0.25) is 5.02 Å². The molecule has 0 aromatic heterocycles. The number of aliphatic hydroxyl groups is 1. The second-order valence-corrected chi connectivity index (χ2v) is 5.60. The highest BCUT2D eigenvalue weighted by molar-refractivity contribution is 6.30. The largest absolute Gasteiger partial charge is 0.491 e. The monoisotopic (exact) mass is 299 g/mol. The molecule has 1 aliphatic rings. The predicted molar refractivity (Wildman–Crippen MR) is 79.3 cm³/mol. The average Bonchev–Trinajstić information content (AvgIpc) is 2.97. The Balaban J connectivity index is 1.95. The second-order valence-electron chi connectivity index (χ2n) is 5.16. The summed E-state index contributed by atoms with van der Waals surface area (Å²) in [5.41, 5.74) is 0.996. The molecule has 2 rings (SSSR count). The maximum atomic E-state index is 9.05. The van der Waals surface area contributed by atoms with Crippen molar-refractivity contribution < 1.29 is 14.6 Å². The summed E-state index contributed by atoms with van der Waals surface area (Å²) in [5.74, 6) is 0.822. The van der Waals surface area contributed by atoms with Crippen LogP contribution in [0.25, 0.3) is 0 Å². The maximum absolute atomic E-state index is 9.05. The molecule has 1 aromatic carbocycles. The van der Waals surface area contributed by atoms with Crippen LogP contribution in [0.5, 0.6) is 5.75 Å². The Morgan fingerprint density at radius 1 is 1.55 bits per heavy atom. The van der Waals surface area contributed by atoms with Crippen LogP contribution in [0.1, 0.15) is 25.3 Å². The molecule has 112 valence electrons. The van der Waals surface area contributed by atoms with E-state index in [4.69, 9.17) is 26.2 Å². The van der Waals surface area contributed by atoms with E-state index < -0.39 is 0 Å². The topological polar surface area (TPSA) is 50.7 Å². The lowest BCUT2D eigenvalue weighted by molar-refractivity contribution is 0.0675. The molecule has 1 heterocycles. The first-order valence-corrected chi connectivity index (χ1v) is 7.44. The van der Waals surface area contributed by atoms with Crippen molar-refractivity contribution in [2.45, 2.75) is 38.5 Å². The van der Waals surface area contributed by atoms with Gasteiger partial charge in [0.1, 0.15) is 12.4 Å². The van der Waals surface area contributed by atoms with Gasteiger partial charge < -0.3 is 19.9 Å². The number of rotatable bonds is 7. The molecule has 2 N–H and O–H groups in total. The molecule has 4 nitrogen and oxygen atoms in total. The molecule has 0 radical (unpaired) electrons. The first kappa shape index (κ1) is 15.6. The zero-order valence-corrected chi connectivity index (χ0v) is 12.5. The number of aliphatic hydroxyl groups excluding tert-OH is 1. The second kappa shape index (κ2) is 7.84. The van der Waals surface area contributed by atoms with Gasteiger partial charge in [0.15, 0.2) is 0 Å². The van der Waals surface area contributed by atoms with E-state index >= 15 is 0 Å². The van der Waals surface area contributed by atoms with Crippen LogP contribution >= 0.6 is 11.6 Å². The van der Waals surface area contributed by atoms with Crippen LogP contribution < -0.4 is 10.1 Å². The third-order valence-electron chi connectivity index (χ3n) is 3.39. The van der Waals surface area contributed by atoms with Crippen LogP contribution in [-0.4, -0.2) is 37.1 Å². The molecule has 1 aliphatic heterocycles. The Kier molecular flexibility index (Phi) is 6.10. The lowest BCUT2D eigenvalue weighted by Crippen LogP contribution is -2.29. The molecular formula is C15H22ClNO3. The van der Waals surface area contributed by atoms with E-state index in [-0.39, 0.29) is 18.8 Å². The van der Waals surface area contributed by atoms with Crippen LogP contribution in [-0.2, 0) is 11.3 Å². The Morgan fingerprint density at radius 3 is 3.10 bits per heavy atom. The van der Waals surface area contributed by atoms with Crippen molar-refractivity contribution in [1.29, 1.82) is 0 Å². The van der Waals surface area contributed by atoms with Gasteiger partial charge in [-0.1, -0.05) is 11.6 Å². The molecule has 0 spiro atoms. The number of hydrogen-bond acceptors (Lipinski definition) is 4. The van der Waals surface area contributed by atoms with Gasteiger partial charge in [-0.2, -0.15) is 0 Å². The minimum atomic E-state index is 0.0417. The fraction of sp³-hybridized carbons (Fsp3) is 0.600. The van der Waals surface area contributed by atoms with Gasteiger partial charge in [0, 0.05) is 29.8 Å². The SMILES string of the molecule is CC(CO)NCc1cc(Cl)ccc1OCC1CCCO1. The highest BCUT2D eigenvalue weighted by Crippen LogP contribution is 2.24. The summed E-state index contributed by atoms with van der Waals surface area (Å²) in [6, 6.07) is 5.65. The van der Waals surface area contributed by atoms with Crippen molar-refractivity contribution >= 4 is 11.6 Å². The number of nitrogens with one attached hydrogen (secondary N) is 1. The number of hydrogen-bond donors (Lipinski definition) is 2. The maximum Gasteiger partial charge on any atom is 0.124 e. The van der Waals surface area contributed by atoms with Gasteiger partial charge in [0.25, 0.3) is 0 Å². The van der Waals surface area contributed by atoms with Crippen LogP contribution in [0.4, 0.5) is 0 Å². The van der Waals surface area contributed by atoms with E-state index in [1.807, 2.05) is 25.1 Å². The quantitative estimate of drug-likeness (QED) is 0.811. The van der Waals surface area contributed by atoms with Gasteiger partial charge >= 0.3 is 0 Å². The lowest BCUT2D eigenvalue weighted by atomic mass is 10.2. The van der Waals surface area contributed by atoms with Crippen molar-refractivity contribution in [1.82, 2.24) is 5.32 Å². The minimum Gasteiger partial charge on any atom is -0.491 e.